The minimum absolute atomic E-state index is 0.0408. The first-order valence-electron chi connectivity index (χ1n) is 16.1. The Morgan fingerprint density at radius 2 is 2.08 bits per heavy atom. The van der Waals surface area contributed by atoms with Gasteiger partial charge in [0.25, 0.3) is 11.5 Å². The van der Waals surface area contributed by atoms with E-state index in [1.165, 1.54) is 6.07 Å². The third-order valence-electron chi connectivity index (χ3n) is 7.89. The lowest BCUT2D eigenvalue weighted by Gasteiger charge is -2.27. The molecule has 0 unspecified atom stereocenters. The number of hydrogen-bond donors (Lipinski definition) is 1. The summed E-state index contributed by atoms with van der Waals surface area (Å²) in [6.45, 7) is -2.35. The van der Waals surface area contributed by atoms with Gasteiger partial charge in [0.05, 0.1) is 5.69 Å². The molecule has 206 valence electrons. The Kier molecular flexibility index (Phi) is 4.97. The molecule has 4 aromatic rings. The number of aryl methyl sites for hydroxylation is 2. The molecule has 5 heterocycles. The van der Waals surface area contributed by atoms with Crippen LogP contribution in [0.3, 0.4) is 0 Å². The summed E-state index contributed by atoms with van der Waals surface area (Å²) in [6.07, 6.45) is 6.63. The van der Waals surface area contributed by atoms with Crippen LogP contribution >= 0.6 is 0 Å². The molecule has 2 aliphatic heterocycles. The fraction of sp³-hybridized carbons (Fsp3) is 0.323. The number of carbonyl (C=O) groups is 1. The zero-order valence-corrected chi connectivity index (χ0v) is 22.3. The summed E-state index contributed by atoms with van der Waals surface area (Å²) in [6, 6.07) is 8.07. The third-order valence-corrected chi connectivity index (χ3v) is 7.89. The quantitative estimate of drug-likeness (QED) is 0.408. The standard InChI is InChI=1S/C31H33FN6O2/c1-19-15-21(30(39)35(2)3)16-25(32)28(19)20-7-12-37(13-8-20)18-22-17-24-27(6-11-34-29(24)36(22)4)38-14-9-26-23(31(38)40)5-10-33-26/h6-7,9,11,14-17,33H,5,8,10,12-13,18H2,1-4H3/i2D3,3D3. The number of aromatic nitrogens is 3. The third kappa shape index (κ3) is 4.40. The molecule has 0 spiro atoms. The van der Waals surface area contributed by atoms with Crippen molar-refractivity contribution >= 4 is 28.2 Å². The predicted octanol–water partition coefficient (Wildman–Crippen LogP) is 4.13. The average molecular weight is 547 g/mol. The van der Waals surface area contributed by atoms with Crippen LogP contribution in [-0.2, 0) is 20.0 Å². The van der Waals surface area contributed by atoms with Gasteiger partial charge in [-0.1, -0.05) is 6.08 Å². The van der Waals surface area contributed by atoms with E-state index < -0.39 is 25.7 Å². The molecule has 1 aromatic carbocycles. The number of halogens is 1. The Morgan fingerprint density at radius 3 is 2.83 bits per heavy atom. The molecule has 0 bridgehead atoms. The van der Waals surface area contributed by atoms with E-state index >= 15 is 4.39 Å². The zero-order valence-electron chi connectivity index (χ0n) is 28.3. The SMILES string of the molecule is [2H]C([2H])([2H])N(C(=O)c1cc(C)c(C2=CCN(Cc3cc4c(-n5ccc6c(c5=O)CCN6)ccnc4n3C)CC2)c(F)c1)C([2H])([2H])[2H]. The highest BCUT2D eigenvalue weighted by atomic mass is 19.1. The largest absolute Gasteiger partial charge is 0.384 e. The fourth-order valence-electron chi connectivity index (χ4n) is 5.83. The summed E-state index contributed by atoms with van der Waals surface area (Å²) in [5.74, 6) is -2.01. The Bertz CT molecular complexity index is 1920. The van der Waals surface area contributed by atoms with Crippen molar-refractivity contribution < 1.29 is 17.4 Å². The molecule has 2 aliphatic rings. The van der Waals surface area contributed by atoms with Crippen LogP contribution in [0.15, 0.2) is 53.6 Å². The Hall–Kier alpha value is -4.24. The van der Waals surface area contributed by atoms with Gasteiger partial charge in [0.1, 0.15) is 11.5 Å². The van der Waals surface area contributed by atoms with Crippen LogP contribution < -0.4 is 10.9 Å². The number of anilines is 1. The highest BCUT2D eigenvalue weighted by Gasteiger charge is 2.22. The Morgan fingerprint density at radius 1 is 1.23 bits per heavy atom. The molecule has 0 atom stereocenters. The summed E-state index contributed by atoms with van der Waals surface area (Å²) >= 11 is 0. The fourth-order valence-corrected chi connectivity index (χ4v) is 5.83. The van der Waals surface area contributed by atoms with Crippen LogP contribution in [0.2, 0.25) is 0 Å². The van der Waals surface area contributed by atoms with Crippen molar-refractivity contribution in [3.63, 3.8) is 0 Å². The number of benzene rings is 1. The molecule has 1 N–H and O–H groups in total. The number of hydrogen-bond acceptors (Lipinski definition) is 5. The van der Waals surface area contributed by atoms with E-state index in [0.717, 1.165) is 51.8 Å². The Labute approximate surface area is 240 Å². The van der Waals surface area contributed by atoms with Crippen molar-refractivity contribution in [2.24, 2.45) is 7.05 Å². The van der Waals surface area contributed by atoms with E-state index in [4.69, 9.17) is 8.22 Å². The molecular formula is C31H33FN6O2. The van der Waals surface area contributed by atoms with E-state index in [-0.39, 0.29) is 16.0 Å². The van der Waals surface area contributed by atoms with Gasteiger partial charge in [-0.2, -0.15) is 0 Å². The van der Waals surface area contributed by atoms with Crippen molar-refractivity contribution in [1.82, 2.24) is 23.9 Å². The van der Waals surface area contributed by atoms with Crippen molar-refractivity contribution in [1.29, 1.82) is 0 Å². The Balaban J connectivity index is 1.23. The lowest BCUT2D eigenvalue weighted by Crippen LogP contribution is -2.29. The second-order valence-electron chi connectivity index (χ2n) is 10.3. The normalized spacial score (nSPS) is 18.0. The number of carbonyl (C=O) groups excluding carboxylic acids is 1. The molecule has 40 heavy (non-hydrogen) atoms. The molecule has 3 aromatic heterocycles. The monoisotopic (exact) mass is 546 g/mol. The van der Waals surface area contributed by atoms with Gasteiger partial charge in [0.15, 0.2) is 0 Å². The van der Waals surface area contributed by atoms with Crippen LogP contribution in [0.1, 0.15) is 47.4 Å². The predicted molar refractivity (Wildman–Crippen MR) is 156 cm³/mol. The van der Waals surface area contributed by atoms with Gasteiger partial charge in [-0.15, -0.1) is 0 Å². The van der Waals surface area contributed by atoms with Crippen molar-refractivity contribution in [3.05, 3.63) is 92.9 Å². The molecule has 0 fully saturated rings. The number of nitrogens with zero attached hydrogens (tertiary/aromatic N) is 5. The van der Waals surface area contributed by atoms with Crippen molar-refractivity contribution in [2.45, 2.75) is 26.3 Å². The molecule has 0 aliphatic carbocycles. The molecule has 0 saturated heterocycles. The van der Waals surface area contributed by atoms with Crippen LogP contribution in [0, 0.1) is 12.7 Å². The van der Waals surface area contributed by atoms with Gasteiger partial charge < -0.3 is 14.8 Å². The van der Waals surface area contributed by atoms with Gasteiger partial charge >= 0.3 is 0 Å². The second kappa shape index (κ2) is 10.1. The topological polar surface area (TPSA) is 75.4 Å². The van der Waals surface area contributed by atoms with E-state index in [2.05, 4.69) is 21.3 Å². The minimum atomic E-state index is -3.22. The molecule has 1 amide bonds. The minimum Gasteiger partial charge on any atom is -0.384 e. The van der Waals surface area contributed by atoms with Gasteiger partial charge in [-0.3, -0.25) is 19.1 Å². The average Bonchev–Trinajstić information content (AvgIpc) is 3.57. The molecule has 9 heteroatoms. The summed E-state index contributed by atoms with van der Waals surface area (Å²) < 4.78 is 64.2. The van der Waals surface area contributed by atoms with Crippen molar-refractivity contribution in [3.8, 4) is 5.69 Å². The first-order chi connectivity index (χ1) is 21.6. The van der Waals surface area contributed by atoms with Crippen LogP contribution in [0.25, 0.3) is 22.3 Å². The molecular weight excluding hydrogens is 507 g/mol. The van der Waals surface area contributed by atoms with Crippen LogP contribution in [-0.4, -0.2) is 63.4 Å². The van der Waals surface area contributed by atoms with Crippen LogP contribution in [0.4, 0.5) is 10.1 Å². The number of pyridine rings is 2. The highest BCUT2D eigenvalue weighted by Crippen LogP contribution is 2.31. The summed E-state index contributed by atoms with van der Waals surface area (Å²) in [4.78, 5) is 32.8. The first-order valence-corrected chi connectivity index (χ1v) is 13.1. The molecule has 0 radical (unpaired) electrons. The van der Waals surface area contributed by atoms with E-state index in [1.807, 2.05) is 29.8 Å². The van der Waals surface area contributed by atoms with Gasteiger partial charge in [-0.25, -0.2) is 9.37 Å². The number of fused-ring (bicyclic) bond motifs is 2. The van der Waals surface area contributed by atoms with Crippen LogP contribution in [0.5, 0.6) is 0 Å². The maximum atomic E-state index is 15.5. The summed E-state index contributed by atoms with van der Waals surface area (Å²) in [5.41, 5.74) is 5.28. The summed E-state index contributed by atoms with van der Waals surface area (Å²) in [7, 11) is 1.94. The van der Waals surface area contributed by atoms with Crippen molar-refractivity contribution in [2.75, 3.05) is 38.9 Å². The number of amides is 1. The lowest BCUT2D eigenvalue weighted by atomic mass is 9.93. The lowest BCUT2D eigenvalue weighted by molar-refractivity contribution is 0.0827. The molecule has 8 nitrogen and oxygen atoms in total. The first kappa shape index (κ1) is 19.8. The second-order valence-corrected chi connectivity index (χ2v) is 10.3. The summed E-state index contributed by atoms with van der Waals surface area (Å²) in [5, 5.41) is 4.11. The van der Waals surface area contributed by atoms with Gasteiger partial charge in [0, 0.05) is 101 Å². The van der Waals surface area contributed by atoms with E-state index in [1.54, 1.807) is 23.9 Å². The van der Waals surface area contributed by atoms with Gasteiger partial charge in [-0.05, 0) is 61.2 Å². The number of rotatable bonds is 5. The maximum absolute atomic E-state index is 15.5. The zero-order chi connectivity index (χ0) is 33.1. The van der Waals surface area contributed by atoms with E-state index in [9.17, 15) is 9.59 Å². The molecule has 0 saturated carbocycles. The van der Waals surface area contributed by atoms with E-state index in [0.29, 0.717) is 43.6 Å². The molecule has 6 rings (SSSR count). The maximum Gasteiger partial charge on any atom is 0.260 e. The number of nitrogens with one attached hydrogen (secondary N) is 1. The van der Waals surface area contributed by atoms with Gasteiger partial charge in [0.2, 0.25) is 0 Å². The smallest absolute Gasteiger partial charge is 0.260 e. The highest BCUT2D eigenvalue weighted by molar-refractivity contribution is 5.94.